The fourth-order valence-corrected chi connectivity index (χ4v) is 2.47. The molecule has 0 saturated heterocycles. The molecule has 0 aliphatic carbocycles. The molecule has 3 aromatic rings. The van der Waals surface area contributed by atoms with Gasteiger partial charge in [0.05, 0.1) is 6.61 Å². The highest BCUT2D eigenvalue weighted by Gasteiger charge is 2.31. The van der Waals surface area contributed by atoms with E-state index in [0.29, 0.717) is 16.3 Å². The molecule has 0 radical (unpaired) electrons. The lowest BCUT2D eigenvalue weighted by molar-refractivity contribution is -0.274. The summed E-state index contributed by atoms with van der Waals surface area (Å²) < 4.78 is 45.5. The molecule has 0 bridgehead atoms. The first-order valence-corrected chi connectivity index (χ1v) is 8.75. The zero-order valence-corrected chi connectivity index (χ0v) is 15.7. The summed E-state index contributed by atoms with van der Waals surface area (Å²) in [6.07, 6.45) is -4.80. The number of aliphatic hydroxyl groups is 1. The Morgan fingerprint density at radius 1 is 1.17 bits per heavy atom. The lowest BCUT2D eigenvalue weighted by Crippen LogP contribution is -2.34. The summed E-state index contributed by atoms with van der Waals surface area (Å²) in [5.41, 5.74) is 0.822. The molecular formula is C18H14ClF3N4O4. The van der Waals surface area contributed by atoms with Crippen molar-refractivity contribution in [2.75, 3.05) is 11.9 Å². The largest absolute Gasteiger partial charge is 0.573 e. The van der Waals surface area contributed by atoms with Crippen molar-refractivity contribution >= 4 is 23.3 Å². The van der Waals surface area contributed by atoms with Gasteiger partial charge in [-0.15, -0.1) is 13.2 Å². The number of urea groups is 1. The van der Waals surface area contributed by atoms with Crippen LogP contribution >= 0.6 is 11.6 Å². The topological polar surface area (TPSA) is 110 Å². The summed E-state index contributed by atoms with van der Waals surface area (Å²) in [5.74, 6) is -0.431. The summed E-state index contributed by atoms with van der Waals surface area (Å²) in [6, 6.07) is 9.54. The molecule has 2 aromatic carbocycles. The molecule has 1 aromatic heterocycles. The number of benzene rings is 2. The quantitative estimate of drug-likeness (QED) is 0.529. The molecule has 0 fully saturated rings. The second kappa shape index (κ2) is 9.01. The van der Waals surface area contributed by atoms with Crippen LogP contribution in [0.1, 0.15) is 11.9 Å². The van der Waals surface area contributed by atoms with Gasteiger partial charge in [0, 0.05) is 16.3 Å². The lowest BCUT2D eigenvalue weighted by Gasteiger charge is -2.13. The molecule has 1 heterocycles. The number of anilines is 1. The van der Waals surface area contributed by atoms with Gasteiger partial charge >= 0.3 is 12.4 Å². The van der Waals surface area contributed by atoms with Crippen LogP contribution in [0.2, 0.25) is 5.02 Å². The number of ether oxygens (including phenoxy) is 1. The van der Waals surface area contributed by atoms with Crippen LogP contribution in [-0.2, 0) is 0 Å². The third kappa shape index (κ3) is 5.84. The number of hydrogen-bond acceptors (Lipinski definition) is 6. The van der Waals surface area contributed by atoms with Gasteiger partial charge in [0.1, 0.15) is 11.8 Å². The number of rotatable bonds is 6. The molecular weight excluding hydrogens is 429 g/mol. The Kier molecular flexibility index (Phi) is 6.43. The third-order valence-corrected chi connectivity index (χ3v) is 3.93. The number of amides is 2. The minimum Gasteiger partial charge on any atom is -0.406 e. The van der Waals surface area contributed by atoms with Gasteiger partial charge in [0.15, 0.2) is 0 Å². The van der Waals surface area contributed by atoms with E-state index in [1.165, 1.54) is 12.1 Å². The SMILES string of the molecule is O=C(Nc1ccc(Cl)cc1)N[C@@H](CO)c1nc(-c2ccc(OC(F)(F)F)cc2)no1. The number of nitrogens with one attached hydrogen (secondary N) is 2. The van der Waals surface area contributed by atoms with E-state index in [-0.39, 0.29) is 11.7 Å². The Morgan fingerprint density at radius 2 is 1.83 bits per heavy atom. The summed E-state index contributed by atoms with van der Waals surface area (Å²) in [7, 11) is 0. The lowest BCUT2D eigenvalue weighted by atomic mass is 10.2. The van der Waals surface area contributed by atoms with Crippen LogP contribution in [0, 0.1) is 0 Å². The average Bonchev–Trinajstić information content (AvgIpc) is 3.17. The minimum atomic E-state index is -4.80. The monoisotopic (exact) mass is 442 g/mol. The average molecular weight is 443 g/mol. The predicted molar refractivity (Wildman–Crippen MR) is 99.9 cm³/mol. The van der Waals surface area contributed by atoms with E-state index in [9.17, 15) is 23.1 Å². The van der Waals surface area contributed by atoms with E-state index in [1.807, 2.05) is 0 Å². The second-order valence-corrected chi connectivity index (χ2v) is 6.31. The van der Waals surface area contributed by atoms with Crippen LogP contribution in [0.5, 0.6) is 5.75 Å². The van der Waals surface area contributed by atoms with Crippen molar-refractivity contribution in [2.24, 2.45) is 0 Å². The zero-order valence-electron chi connectivity index (χ0n) is 15.0. The number of aromatic nitrogens is 2. The zero-order chi connectivity index (χ0) is 21.7. The highest BCUT2D eigenvalue weighted by Crippen LogP contribution is 2.26. The van der Waals surface area contributed by atoms with E-state index in [1.54, 1.807) is 24.3 Å². The number of aliphatic hydroxyl groups excluding tert-OH is 1. The van der Waals surface area contributed by atoms with Crippen LogP contribution in [-0.4, -0.2) is 34.2 Å². The number of carbonyl (C=O) groups excluding carboxylic acids is 1. The predicted octanol–water partition coefficient (Wildman–Crippen LogP) is 4.14. The first kappa shape index (κ1) is 21.4. The Labute approximate surface area is 172 Å². The van der Waals surface area contributed by atoms with Crippen molar-refractivity contribution in [1.29, 1.82) is 0 Å². The van der Waals surface area contributed by atoms with Crippen molar-refractivity contribution in [2.45, 2.75) is 12.4 Å². The van der Waals surface area contributed by atoms with Crippen LogP contribution in [0.15, 0.2) is 53.1 Å². The van der Waals surface area contributed by atoms with Gasteiger partial charge in [-0.2, -0.15) is 4.98 Å². The standard InChI is InChI=1S/C18H14ClF3N4O4/c19-11-3-5-12(6-4-11)23-17(28)24-14(9-27)16-25-15(26-30-16)10-1-7-13(8-2-10)29-18(20,21)22/h1-8,14,27H,9H2,(H2,23,24,28)/t14-/m0/s1. The molecule has 2 amide bonds. The maximum Gasteiger partial charge on any atom is 0.573 e. The van der Waals surface area contributed by atoms with Crippen molar-refractivity contribution in [3.05, 3.63) is 59.4 Å². The third-order valence-electron chi connectivity index (χ3n) is 3.68. The highest BCUT2D eigenvalue weighted by atomic mass is 35.5. The van der Waals surface area contributed by atoms with Crippen molar-refractivity contribution in [3.8, 4) is 17.1 Å². The Bertz CT molecular complexity index is 994. The van der Waals surface area contributed by atoms with Gasteiger partial charge in [-0.3, -0.25) is 0 Å². The van der Waals surface area contributed by atoms with Gasteiger partial charge < -0.3 is 25.0 Å². The van der Waals surface area contributed by atoms with Crippen molar-refractivity contribution in [1.82, 2.24) is 15.5 Å². The molecule has 12 heteroatoms. The van der Waals surface area contributed by atoms with E-state index in [2.05, 4.69) is 25.5 Å². The Hall–Kier alpha value is -3.31. The van der Waals surface area contributed by atoms with Gasteiger partial charge in [0.25, 0.3) is 5.89 Å². The van der Waals surface area contributed by atoms with Crippen LogP contribution in [0.4, 0.5) is 23.7 Å². The van der Waals surface area contributed by atoms with Crippen LogP contribution in [0.3, 0.4) is 0 Å². The molecule has 0 aliphatic heterocycles. The molecule has 158 valence electrons. The second-order valence-electron chi connectivity index (χ2n) is 5.87. The summed E-state index contributed by atoms with van der Waals surface area (Å²) in [6.45, 7) is -0.534. The number of nitrogens with zero attached hydrogens (tertiary/aromatic N) is 2. The fraction of sp³-hybridized carbons (Fsp3) is 0.167. The molecule has 0 saturated carbocycles. The van der Waals surface area contributed by atoms with Gasteiger partial charge in [-0.05, 0) is 48.5 Å². The summed E-state index contributed by atoms with van der Waals surface area (Å²) in [4.78, 5) is 16.2. The molecule has 0 aliphatic rings. The smallest absolute Gasteiger partial charge is 0.406 e. The van der Waals surface area contributed by atoms with Crippen LogP contribution < -0.4 is 15.4 Å². The maximum absolute atomic E-state index is 12.2. The van der Waals surface area contributed by atoms with Gasteiger partial charge in [-0.25, -0.2) is 4.79 Å². The van der Waals surface area contributed by atoms with Gasteiger partial charge in [-0.1, -0.05) is 16.8 Å². The number of halogens is 4. The first-order valence-electron chi connectivity index (χ1n) is 8.37. The molecule has 1 atom stereocenters. The number of carbonyl (C=O) groups is 1. The first-order chi connectivity index (χ1) is 14.2. The van der Waals surface area contributed by atoms with Crippen molar-refractivity contribution < 1.29 is 32.3 Å². The molecule has 8 nitrogen and oxygen atoms in total. The fourth-order valence-electron chi connectivity index (χ4n) is 2.34. The Balaban J connectivity index is 1.65. The van der Waals surface area contributed by atoms with Gasteiger partial charge in [0.2, 0.25) is 5.82 Å². The molecule has 0 spiro atoms. The molecule has 0 unspecified atom stereocenters. The van der Waals surface area contributed by atoms with E-state index < -0.39 is 30.8 Å². The Morgan fingerprint density at radius 3 is 2.43 bits per heavy atom. The maximum atomic E-state index is 12.2. The minimum absolute atomic E-state index is 0.0573. The van der Waals surface area contributed by atoms with Crippen LogP contribution in [0.25, 0.3) is 11.4 Å². The van der Waals surface area contributed by atoms with E-state index >= 15 is 0 Å². The van der Waals surface area contributed by atoms with Crippen molar-refractivity contribution in [3.63, 3.8) is 0 Å². The molecule has 30 heavy (non-hydrogen) atoms. The highest BCUT2D eigenvalue weighted by molar-refractivity contribution is 6.30. The van der Waals surface area contributed by atoms with E-state index in [4.69, 9.17) is 16.1 Å². The molecule has 3 rings (SSSR count). The number of alkyl halides is 3. The molecule has 3 N–H and O–H groups in total. The summed E-state index contributed by atoms with van der Waals surface area (Å²) >= 11 is 5.78. The van der Waals surface area contributed by atoms with E-state index in [0.717, 1.165) is 12.1 Å². The normalized spacial score (nSPS) is 12.3. The number of hydrogen-bond donors (Lipinski definition) is 3. The summed E-state index contributed by atoms with van der Waals surface area (Å²) in [5, 5.41) is 18.8.